The molecular formula is C16H27N5O3. The van der Waals surface area contributed by atoms with Gasteiger partial charge in [-0.3, -0.25) is 4.79 Å². The fraction of sp³-hybridized carbons (Fsp3) is 0.688. The van der Waals surface area contributed by atoms with E-state index in [1.165, 1.54) is 6.33 Å². The van der Waals surface area contributed by atoms with Crippen LogP contribution in [0.1, 0.15) is 26.7 Å². The number of nitrogens with zero attached hydrogens (tertiary/aromatic N) is 3. The zero-order chi connectivity index (χ0) is 17.5. The average Bonchev–Trinajstić information content (AvgIpc) is 2.57. The summed E-state index contributed by atoms with van der Waals surface area (Å²) in [5, 5.41) is 3.23. The van der Waals surface area contributed by atoms with Crippen molar-refractivity contribution < 1.29 is 14.3 Å². The summed E-state index contributed by atoms with van der Waals surface area (Å²) in [6.07, 6.45) is 2.99. The Hall–Kier alpha value is -2.09. The molecule has 0 bridgehead atoms. The van der Waals surface area contributed by atoms with Crippen molar-refractivity contribution in [1.82, 2.24) is 9.97 Å². The Morgan fingerprint density at radius 3 is 2.79 bits per heavy atom. The van der Waals surface area contributed by atoms with E-state index in [1.54, 1.807) is 7.11 Å². The molecule has 2 heterocycles. The fourth-order valence-electron chi connectivity index (χ4n) is 2.87. The Morgan fingerprint density at radius 2 is 2.17 bits per heavy atom. The number of nitrogen functional groups attached to an aromatic ring is 1. The quantitative estimate of drug-likeness (QED) is 0.718. The molecule has 8 heteroatoms. The van der Waals surface area contributed by atoms with Crippen molar-refractivity contribution in [3.8, 4) is 0 Å². The van der Waals surface area contributed by atoms with Crippen molar-refractivity contribution in [2.24, 2.45) is 5.92 Å². The molecule has 1 aromatic heterocycles. The lowest BCUT2D eigenvalue weighted by Crippen LogP contribution is -2.38. The van der Waals surface area contributed by atoms with Gasteiger partial charge in [0.05, 0.1) is 19.1 Å². The second kappa shape index (κ2) is 8.68. The molecule has 1 saturated heterocycles. The summed E-state index contributed by atoms with van der Waals surface area (Å²) in [6, 6.07) is 0.0922. The van der Waals surface area contributed by atoms with Gasteiger partial charge in [-0.15, -0.1) is 0 Å². The van der Waals surface area contributed by atoms with Crippen LogP contribution >= 0.6 is 0 Å². The van der Waals surface area contributed by atoms with Crippen molar-refractivity contribution in [3.05, 3.63) is 6.33 Å². The van der Waals surface area contributed by atoms with Gasteiger partial charge >= 0.3 is 5.97 Å². The Morgan fingerprint density at radius 1 is 1.46 bits per heavy atom. The molecule has 8 nitrogen and oxygen atoms in total. The highest BCUT2D eigenvalue weighted by Gasteiger charge is 2.28. The zero-order valence-electron chi connectivity index (χ0n) is 14.6. The first kappa shape index (κ1) is 18.3. The lowest BCUT2D eigenvalue weighted by Gasteiger charge is -2.32. The van der Waals surface area contributed by atoms with Crippen molar-refractivity contribution in [1.29, 1.82) is 0 Å². The SMILES string of the molecule is CCOC(=O)C1CCN(c2ncnc(NC(C)COC)c2N)CC1. The van der Waals surface area contributed by atoms with Crippen LogP contribution in [0.4, 0.5) is 17.3 Å². The number of nitrogens with one attached hydrogen (secondary N) is 1. The summed E-state index contributed by atoms with van der Waals surface area (Å²) in [4.78, 5) is 22.5. The lowest BCUT2D eigenvalue weighted by molar-refractivity contribution is -0.148. The van der Waals surface area contributed by atoms with Crippen LogP contribution in [0.25, 0.3) is 0 Å². The van der Waals surface area contributed by atoms with Gasteiger partial charge in [-0.05, 0) is 26.7 Å². The Kier molecular flexibility index (Phi) is 6.60. The Balaban J connectivity index is 2.01. The van der Waals surface area contributed by atoms with Crippen molar-refractivity contribution >= 4 is 23.3 Å². The number of hydrogen-bond acceptors (Lipinski definition) is 8. The maximum Gasteiger partial charge on any atom is 0.309 e. The summed E-state index contributed by atoms with van der Waals surface area (Å²) in [5.41, 5.74) is 6.76. The number of rotatable bonds is 7. The van der Waals surface area contributed by atoms with E-state index < -0.39 is 0 Å². The fourth-order valence-corrected chi connectivity index (χ4v) is 2.87. The first-order valence-corrected chi connectivity index (χ1v) is 8.34. The molecule has 0 aliphatic carbocycles. The normalized spacial score (nSPS) is 16.7. The molecule has 1 atom stereocenters. The number of aromatic nitrogens is 2. The standard InChI is InChI=1S/C16H27N5O3/c1-4-24-16(22)12-5-7-21(8-6-12)15-13(17)14(18-10-19-15)20-11(2)9-23-3/h10-12H,4-9,17H2,1-3H3,(H,18,19,20). The first-order chi connectivity index (χ1) is 11.6. The second-order valence-electron chi connectivity index (χ2n) is 5.97. The number of esters is 1. The zero-order valence-corrected chi connectivity index (χ0v) is 14.6. The van der Waals surface area contributed by atoms with Gasteiger partial charge in [0, 0.05) is 26.2 Å². The van der Waals surface area contributed by atoms with E-state index in [4.69, 9.17) is 15.2 Å². The summed E-state index contributed by atoms with van der Waals surface area (Å²) < 4.78 is 10.2. The highest BCUT2D eigenvalue weighted by molar-refractivity contribution is 5.76. The number of methoxy groups -OCH3 is 1. The van der Waals surface area contributed by atoms with Gasteiger partial charge < -0.3 is 25.4 Å². The van der Waals surface area contributed by atoms with Crippen molar-refractivity contribution in [3.63, 3.8) is 0 Å². The van der Waals surface area contributed by atoms with Gasteiger partial charge in [-0.1, -0.05) is 0 Å². The number of ether oxygens (including phenoxy) is 2. The van der Waals surface area contributed by atoms with Crippen LogP contribution < -0.4 is 16.0 Å². The first-order valence-electron chi connectivity index (χ1n) is 8.34. The maximum absolute atomic E-state index is 11.8. The van der Waals surface area contributed by atoms with E-state index in [-0.39, 0.29) is 17.9 Å². The molecule has 3 N–H and O–H groups in total. The Labute approximate surface area is 142 Å². The minimum absolute atomic E-state index is 0.0383. The number of anilines is 3. The summed E-state index contributed by atoms with van der Waals surface area (Å²) >= 11 is 0. The minimum atomic E-state index is -0.108. The molecule has 134 valence electrons. The molecule has 0 amide bonds. The van der Waals surface area contributed by atoms with Crippen LogP contribution in [0.2, 0.25) is 0 Å². The third-order valence-electron chi connectivity index (χ3n) is 4.08. The van der Waals surface area contributed by atoms with E-state index in [9.17, 15) is 4.79 Å². The van der Waals surface area contributed by atoms with Gasteiger partial charge in [0.1, 0.15) is 12.0 Å². The molecule has 0 saturated carbocycles. The summed E-state index contributed by atoms with van der Waals surface area (Å²) in [7, 11) is 1.65. The molecule has 1 unspecified atom stereocenters. The minimum Gasteiger partial charge on any atom is -0.466 e. The van der Waals surface area contributed by atoms with E-state index in [1.807, 2.05) is 13.8 Å². The van der Waals surface area contributed by atoms with Crippen molar-refractivity contribution in [2.45, 2.75) is 32.7 Å². The van der Waals surface area contributed by atoms with E-state index in [0.717, 1.165) is 25.9 Å². The van der Waals surface area contributed by atoms with Gasteiger partial charge in [0.2, 0.25) is 0 Å². The van der Waals surface area contributed by atoms with Gasteiger partial charge in [-0.25, -0.2) is 9.97 Å². The molecule has 1 fully saturated rings. The third kappa shape index (κ3) is 4.47. The molecule has 1 aliphatic heterocycles. The summed E-state index contributed by atoms with van der Waals surface area (Å²) in [5.74, 6) is 1.17. The largest absolute Gasteiger partial charge is 0.466 e. The molecule has 2 rings (SSSR count). The van der Waals surface area contributed by atoms with Gasteiger partial charge in [0.25, 0.3) is 0 Å². The predicted octanol–water partition coefficient (Wildman–Crippen LogP) is 1.29. The number of hydrogen-bond donors (Lipinski definition) is 2. The molecule has 0 spiro atoms. The number of piperidine rings is 1. The van der Waals surface area contributed by atoms with Crippen LogP contribution in [-0.2, 0) is 14.3 Å². The lowest BCUT2D eigenvalue weighted by atomic mass is 9.97. The molecule has 24 heavy (non-hydrogen) atoms. The number of carbonyl (C=O) groups excluding carboxylic acids is 1. The smallest absolute Gasteiger partial charge is 0.309 e. The van der Waals surface area contributed by atoms with Gasteiger partial charge in [0.15, 0.2) is 11.6 Å². The molecule has 1 aromatic rings. The van der Waals surface area contributed by atoms with Crippen LogP contribution in [0.15, 0.2) is 6.33 Å². The van der Waals surface area contributed by atoms with Gasteiger partial charge in [-0.2, -0.15) is 0 Å². The van der Waals surface area contributed by atoms with Crippen LogP contribution in [0.5, 0.6) is 0 Å². The van der Waals surface area contributed by atoms with E-state index >= 15 is 0 Å². The molecule has 0 aromatic carbocycles. The molecule has 1 aliphatic rings. The van der Waals surface area contributed by atoms with Crippen LogP contribution in [-0.4, -0.2) is 55.4 Å². The second-order valence-corrected chi connectivity index (χ2v) is 5.97. The Bertz CT molecular complexity index is 547. The van der Waals surface area contributed by atoms with E-state index in [0.29, 0.717) is 30.5 Å². The maximum atomic E-state index is 11.8. The predicted molar refractivity (Wildman–Crippen MR) is 93.0 cm³/mol. The number of nitrogens with two attached hydrogens (primary N) is 1. The van der Waals surface area contributed by atoms with Crippen LogP contribution in [0.3, 0.4) is 0 Å². The highest BCUT2D eigenvalue weighted by Crippen LogP contribution is 2.30. The monoisotopic (exact) mass is 337 g/mol. The topological polar surface area (TPSA) is 103 Å². The molecular weight excluding hydrogens is 310 g/mol. The number of carbonyl (C=O) groups is 1. The highest BCUT2D eigenvalue weighted by atomic mass is 16.5. The molecule has 0 radical (unpaired) electrons. The van der Waals surface area contributed by atoms with Crippen molar-refractivity contribution in [2.75, 3.05) is 49.4 Å². The third-order valence-corrected chi connectivity index (χ3v) is 4.08. The average molecular weight is 337 g/mol. The summed E-state index contributed by atoms with van der Waals surface area (Å²) in [6.45, 7) is 6.25. The van der Waals surface area contributed by atoms with Crippen LogP contribution in [0, 0.1) is 5.92 Å². The van der Waals surface area contributed by atoms with E-state index in [2.05, 4.69) is 20.2 Å².